The number of benzene rings is 3. The minimum atomic E-state index is -0.504. The van der Waals surface area contributed by atoms with Crippen molar-refractivity contribution in [3.8, 4) is 11.1 Å². The first-order valence-electron chi connectivity index (χ1n) is 15.2. The predicted octanol–water partition coefficient (Wildman–Crippen LogP) is 7.63. The molecule has 43 heavy (non-hydrogen) atoms. The highest BCUT2D eigenvalue weighted by Crippen LogP contribution is 2.33. The number of amides is 1. The summed E-state index contributed by atoms with van der Waals surface area (Å²) in [6, 6.07) is 21.3. The highest BCUT2D eigenvalue weighted by molar-refractivity contribution is 6.30. The molecule has 1 aromatic heterocycles. The summed E-state index contributed by atoms with van der Waals surface area (Å²) in [6.07, 6.45) is 2.64. The van der Waals surface area contributed by atoms with Crippen LogP contribution in [-0.4, -0.2) is 57.1 Å². The molecule has 0 aliphatic carbocycles. The van der Waals surface area contributed by atoms with E-state index in [1.807, 2.05) is 32.9 Å². The fourth-order valence-electron chi connectivity index (χ4n) is 6.14. The zero-order valence-electron chi connectivity index (χ0n) is 25.5. The van der Waals surface area contributed by atoms with Gasteiger partial charge in [-0.05, 0) is 99.0 Å². The first-order chi connectivity index (χ1) is 20.6. The SMILES string of the molecule is Cc1nc(NC2CCN(Cc3ccc(Cl)cc3)CC2)nc2ccc(-c3cccc4c3CCN(C(=O)OC(C)(C)C)C4)cc12. The number of rotatable bonds is 5. The van der Waals surface area contributed by atoms with Crippen LogP contribution in [0, 0.1) is 6.92 Å². The lowest BCUT2D eigenvalue weighted by Gasteiger charge is -2.32. The highest BCUT2D eigenvalue weighted by Gasteiger charge is 2.27. The standard InChI is InChI=1S/C35H40ClN5O2/c1-23-31-20-25(29-7-5-6-26-22-41(19-16-30(26)29)34(42)43-35(2,3)4)10-13-32(31)39-33(37-23)38-28-14-17-40(18-15-28)21-24-8-11-27(36)12-9-24/h5-13,20,28H,14-19,21-22H2,1-4H3,(H,37,38,39). The Bertz CT molecular complexity index is 1620. The number of nitrogens with zero attached hydrogens (tertiary/aromatic N) is 4. The van der Waals surface area contributed by atoms with Crippen molar-refractivity contribution < 1.29 is 9.53 Å². The van der Waals surface area contributed by atoms with Crippen molar-refractivity contribution in [3.63, 3.8) is 0 Å². The summed E-state index contributed by atoms with van der Waals surface area (Å²) in [5, 5.41) is 5.45. The Morgan fingerprint density at radius 2 is 1.79 bits per heavy atom. The number of anilines is 1. The average molecular weight is 598 g/mol. The second-order valence-electron chi connectivity index (χ2n) is 12.8. The molecule has 2 aliphatic rings. The van der Waals surface area contributed by atoms with Gasteiger partial charge in [0, 0.05) is 49.2 Å². The number of hydrogen-bond acceptors (Lipinski definition) is 6. The van der Waals surface area contributed by atoms with Crippen molar-refractivity contribution >= 4 is 34.5 Å². The Morgan fingerprint density at radius 3 is 2.53 bits per heavy atom. The van der Waals surface area contributed by atoms with Crippen LogP contribution in [0.15, 0.2) is 60.7 Å². The lowest BCUT2D eigenvalue weighted by atomic mass is 9.90. The van der Waals surface area contributed by atoms with Crippen molar-refractivity contribution in [1.82, 2.24) is 19.8 Å². The largest absolute Gasteiger partial charge is 0.444 e. The Hall–Kier alpha value is -3.68. The van der Waals surface area contributed by atoms with E-state index in [2.05, 4.69) is 65.7 Å². The van der Waals surface area contributed by atoms with Gasteiger partial charge in [-0.15, -0.1) is 0 Å². The third-order valence-corrected chi connectivity index (χ3v) is 8.61. The van der Waals surface area contributed by atoms with Crippen LogP contribution in [0.5, 0.6) is 0 Å². The molecule has 4 aromatic rings. The zero-order chi connectivity index (χ0) is 30.1. The number of hydrogen-bond donors (Lipinski definition) is 1. The summed E-state index contributed by atoms with van der Waals surface area (Å²) in [6.45, 7) is 12.0. The molecule has 0 spiro atoms. The fourth-order valence-corrected chi connectivity index (χ4v) is 6.27. The van der Waals surface area contributed by atoms with Crippen molar-refractivity contribution in [2.75, 3.05) is 25.0 Å². The van der Waals surface area contributed by atoms with Gasteiger partial charge in [-0.25, -0.2) is 14.8 Å². The highest BCUT2D eigenvalue weighted by atomic mass is 35.5. The average Bonchev–Trinajstić information content (AvgIpc) is 2.98. The first kappa shape index (κ1) is 29.4. The minimum absolute atomic E-state index is 0.255. The monoisotopic (exact) mass is 597 g/mol. The maximum absolute atomic E-state index is 12.7. The Kier molecular flexibility index (Phi) is 8.29. The summed E-state index contributed by atoms with van der Waals surface area (Å²) >= 11 is 6.04. The van der Waals surface area contributed by atoms with Crippen LogP contribution in [-0.2, 0) is 24.2 Å². The summed E-state index contributed by atoms with van der Waals surface area (Å²) < 4.78 is 5.62. The van der Waals surface area contributed by atoms with Gasteiger partial charge in [-0.2, -0.15) is 0 Å². The molecule has 224 valence electrons. The molecular weight excluding hydrogens is 558 g/mol. The molecule has 2 aliphatic heterocycles. The summed E-state index contributed by atoms with van der Waals surface area (Å²) in [5.41, 5.74) is 7.52. The van der Waals surface area contributed by atoms with E-state index >= 15 is 0 Å². The van der Waals surface area contributed by atoms with Gasteiger partial charge in [0.05, 0.1) is 11.2 Å². The van der Waals surface area contributed by atoms with Crippen molar-refractivity contribution in [2.24, 2.45) is 0 Å². The number of likely N-dealkylation sites (tertiary alicyclic amines) is 1. The number of piperidine rings is 1. The molecule has 8 heteroatoms. The molecule has 1 amide bonds. The van der Waals surface area contributed by atoms with E-state index < -0.39 is 5.60 Å². The number of nitrogens with one attached hydrogen (secondary N) is 1. The predicted molar refractivity (Wildman–Crippen MR) is 173 cm³/mol. The quantitative estimate of drug-likeness (QED) is 0.255. The molecule has 3 heterocycles. The number of aromatic nitrogens is 2. The van der Waals surface area contributed by atoms with Gasteiger partial charge in [0.15, 0.2) is 0 Å². The van der Waals surface area contributed by atoms with E-state index in [9.17, 15) is 4.79 Å². The second-order valence-corrected chi connectivity index (χ2v) is 13.2. The molecule has 0 atom stereocenters. The number of fused-ring (bicyclic) bond motifs is 2. The molecule has 1 fully saturated rings. The van der Waals surface area contributed by atoms with E-state index in [0.717, 1.165) is 66.1 Å². The number of ether oxygens (including phenoxy) is 1. The molecule has 0 saturated carbocycles. The van der Waals surface area contributed by atoms with E-state index in [-0.39, 0.29) is 6.09 Å². The van der Waals surface area contributed by atoms with Gasteiger partial charge in [0.1, 0.15) is 5.60 Å². The maximum atomic E-state index is 12.7. The fraction of sp³-hybridized carbons (Fsp3) is 0.400. The molecule has 6 rings (SSSR count). The van der Waals surface area contributed by atoms with Gasteiger partial charge >= 0.3 is 6.09 Å². The molecule has 1 N–H and O–H groups in total. The summed E-state index contributed by atoms with van der Waals surface area (Å²) in [4.78, 5) is 26.7. The molecule has 3 aromatic carbocycles. The molecule has 0 radical (unpaired) electrons. The normalized spacial score (nSPS) is 16.3. The molecular formula is C35H40ClN5O2. The van der Waals surface area contributed by atoms with Gasteiger partial charge in [0.25, 0.3) is 0 Å². The molecule has 7 nitrogen and oxygen atoms in total. The van der Waals surface area contributed by atoms with Crippen LogP contribution < -0.4 is 5.32 Å². The number of aryl methyl sites for hydroxylation is 1. The number of halogens is 1. The van der Waals surface area contributed by atoms with Crippen LogP contribution in [0.2, 0.25) is 5.02 Å². The Balaban J connectivity index is 1.13. The lowest BCUT2D eigenvalue weighted by molar-refractivity contribution is 0.0224. The van der Waals surface area contributed by atoms with Crippen LogP contribution >= 0.6 is 11.6 Å². The van der Waals surface area contributed by atoms with Crippen molar-refractivity contribution in [2.45, 2.75) is 71.7 Å². The van der Waals surface area contributed by atoms with Crippen molar-refractivity contribution in [1.29, 1.82) is 0 Å². The van der Waals surface area contributed by atoms with E-state index in [1.54, 1.807) is 4.90 Å². The third kappa shape index (κ3) is 6.94. The molecule has 1 saturated heterocycles. The summed E-state index contributed by atoms with van der Waals surface area (Å²) in [5.74, 6) is 0.702. The van der Waals surface area contributed by atoms with Gasteiger partial charge in [-0.1, -0.05) is 48.0 Å². The van der Waals surface area contributed by atoms with Crippen LogP contribution in [0.4, 0.5) is 10.7 Å². The third-order valence-electron chi connectivity index (χ3n) is 8.36. The number of carbonyl (C=O) groups is 1. The van der Waals surface area contributed by atoms with Gasteiger partial charge in [0.2, 0.25) is 5.95 Å². The van der Waals surface area contributed by atoms with Crippen molar-refractivity contribution in [3.05, 3.63) is 88.1 Å². The Labute approximate surface area is 259 Å². The topological polar surface area (TPSA) is 70.6 Å². The summed E-state index contributed by atoms with van der Waals surface area (Å²) in [7, 11) is 0. The first-order valence-corrected chi connectivity index (χ1v) is 15.6. The molecule has 0 bridgehead atoms. The zero-order valence-corrected chi connectivity index (χ0v) is 26.2. The maximum Gasteiger partial charge on any atom is 0.410 e. The second kappa shape index (κ2) is 12.1. The van der Waals surface area contributed by atoms with Gasteiger partial charge in [-0.3, -0.25) is 4.90 Å². The van der Waals surface area contributed by atoms with Gasteiger partial charge < -0.3 is 15.0 Å². The smallest absolute Gasteiger partial charge is 0.410 e. The van der Waals surface area contributed by atoms with Crippen LogP contribution in [0.25, 0.3) is 22.0 Å². The molecule has 0 unspecified atom stereocenters. The van der Waals surface area contributed by atoms with E-state index in [0.29, 0.717) is 25.1 Å². The van der Waals surface area contributed by atoms with Crippen LogP contribution in [0.1, 0.15) is 56.0 Å². The number of carbonyl (C=O) groups excluding carboxylic acids is 1. The van der Waals surface area contributed by atoms with E-state index in [4.69, 9.17) is 26.3 Å². The lowest BCUT2D eigenvalue weighted by Crippen LogP contribution is -2.40. The van der Waals surface area contributed by atoms with E-state index in [1.165, 1.54) is 22.3 Å². The Morgan fingerprint density at radius 1 is 1.02 bits per heavy atom. The minimum Gasteiger partial charge on any atom is -0.444 e. The van der Waals surface area contributed by atoms with Crippen LogP contribution in [0.3, 0.4) is 0 Å².